The van der Waals surface area contributed by atoms with Crippen LogP contribution in [0.4, 0.5) is 0 Å². The highest BCUT2D eigenvalue weighted by Crippen LogP contribution is 2.17. The lowest BCUT2D eigenvalue weighted by Gasteiger charge is -2.27. The Kier molecular flexibility index (Phi) is 4.78. The number of nitrogens with zero attached hydrogens (tertiary/aromatic N) is 1. The van der Waals surface area contributed by atoms with Crippen molar-refractivity contribution >= 4 is 21.8 Å². The van der Waals surface area contributed by atoms with Crippen molar-refractivity contribution in [2.45, 2.75) is 19.4 Å². The quantitative estimate of drug-likeness (QED) is 0.930. The van der Waals surface area contributed by atoms with Crippen LogP contribution in [-0.2, 0) is 11.3 Å². The van der Waals surface area contributed by atoms with E-state index in [0.717, 1.165) is 36.0 Å². The van der Waals surface area contributed by atoms with Gasteiger partial charge in [-0.2, -0.15) is 0 Å². The minimum atomic E-state index is 0.198. The van der Waals surface area contributed by atoms with E-state index in [9.17, 15) is 4.79 Å². The third kappa shape index (κ3) is 3.56. The summed E-state index contributed by atoms with van der Waals surface area (Å²) >= 11 is 3.45. The molecule has 0 saturated carbocycles. The van der Waals surface area contributed by atoms with Crippen LogP contribution in [0.3, 0.4) is 0 Å². The van der Waals surface area contributed by atoms with Crippen molar-refractivity contribution in [1.29, 1.82) is 0 Å². The molecular weight excluding hydrogens is 292 g/mol. The number of piperidine rings is 1. The molecule has 1 aliphatic heterocycles. The van der Waals surface area contributed by atoms with E-state index in [1.165, 1.54) is 0 Å². The van der Waals surface area contributed by atoms with Crippen LogP contribution >= 0.6 is 15.9 Å². The van der Waals surface area contributed by atoms with E-state index in [2.05, 4.69) is 33.4 Å². The Bertz CT molecular complexity index is 416. The van der Waals surface area contributed by atoms with Crippen molar-refractivity contribution in [3.05, 3.63) is 34.3 Å². The molecule has 18 heavy (non-hydrogen) atoms. The summed E-state index contributed by atoms with van der Waals surface area (Å²) < 4.78 is 1.06. The van der Waals surface area contributed by atoms with E-state index in [1.807, 2.05) is 24.1 Å². The molecule has 0 spiro atoms. The number of nitrogens with one attached hydrogen (secondary N) is 1. The normalized spacial score (nSPS) is 16.6. The Morgan fingerprint density at radius 2 is 2.17 bits per heavy atom. The van der Waals surface area contributed by atoms with Gasteiger partial charge in [0, 0.05) is 24.0 Å². The monoisotopic (exact) mass is 310 g/mol. The van der Waals surface area contributed by atoms with Crippen LogP contribution in [0.5, 0.6) is 0 Å². The van der Waals surface area contributed by atoms with E-state index in [0.29, 0.717) is 6.54 Å². The number of carbonyl (C=O) groups is 1. The first kappa shape index (κ1) is 13.6. The molecule has 0 radical (unpaired) electrons. The summed E-state index contributed by atoms with van der Waals surface area (Å²) in [7, 11) is 1.89. The van der Waals surface area contributed by atoms with Crippen molar-refractivity contribution < 1.29 is 4.79 Å². The van der Waals surface area contributed by atoms with E-state index >= 15 is 0 Å². The standard InChI is InChI=1S/C14H19BrN2O/c1-17(10-11-3-2-4-13(15)9-11)14(18)12-5-7-16-8-6-12/h2-4,9,12,16H,5-8,10H2,1H3. The molecule has 0 aliphatic carbocycles. The lowest BCUT2D eigenvalue weighted by molar-refractivity contribution is -0.135. The highest BCUT2D eigenvalue weighted by Gasteiger charge is 2.23. The second-order valence-corrected chi connectivity index (χ2v) is 5.76. The molecule has 98 valence electrons. The van der Waals surface area contributed by atoms with Gasteiger partial charge in [-0.05, 0) is 43.6 Å². The molecule has 0 atom stereocenters. The van der Waals surface area contributed by atoms with Gasteiger partial charge in [-0.3, -0.25) is 4.79 Å². The molecule has 1 aromatic carbocycles. The fourth-order valence-corrected chi connectivity index (χ4v) is 2.81. The SMILES string of the molecule is CN(Cc1cccc(Br)c1)C(=O)C1CCNCC1. The number of hydrogen-bond acceptors (Lipinski definition) is 2. The molecule has 3 nitrogen and oxygen atoms in total. The number of rotatable bonds is 3. The summed E-state index contributed by atoms with van der Waals surface area (Å²) in [6, 6.07) is 8.11. The van der Waals surface area contributed by atoms with Gasteiger partial charge in [-0.1, -0.05) is 28.1 Å². The Labute approximate surface area is 117 Å². The lowest BCUT2D eigenvalue weighted by Crippen LogP contribution is -2.38. The Morgan fingerprint density at radius 3 is 2.83 bits per heavy atom. The number of carbonyl (C=O) groups excluding carboxylic acids is 1. The Morgan fingerprint density at radius 1 is 1.44 bits per heavy atom. The zero-order valence-electron chi connectivity index (χ0n) is 10.7. The van der Waals surface area contributed by atoms with Gasteiger partial charge in [0.15, 0.2) is 0 Å². The molecule has 0 unspecified atom stereocenters. The fraction of sp³-hybridized carbons (Fsp3) is 0.500. The van der Waals surface area contributed by atoms with Crippen molar-refractivity contribution in [1.82, 2.24) is 10.2 Å². The van der Waals surface area contributed by atoms with Gasteiger partial charge in [0.2, 0.25) is 5.91 Å². The lowest BCUT2D eigenvalue weighted by atomic mass is 9.96. The first-order valence-corrected chi connectivity index (χ1v) is 7.16. The summed E-state index contributed by atoms with van der Waals surface area (Å²) in [6.07, 6.45) is 1.92. The summed E-state index contributed by atoms with van der Waals surface area (Å²) in [4.78, 5) is 14.1. The average Bonchev–Trinajstić information content (AvgIpc) is 2.39. The van der Waals surface area contributed by atoms with E-state index in [-0.39, 0.29) is 11.8 Å². The third-order valence-electron chi connectivity index (χ3n) is 3.37. The maximum absolute atomic E-state index is 12.3. The summed E-state index contributed by atoms with van der Waals surface area (Å²) in [5, 5.41) is 3.29. The van der Waals surface area contributed by atoms with Crippen LogP contribution in [0.2, 0.25) is 0 Å². The Balaban J connectivity index is 1.94. The topological polar surface area (TPSA) is 32.3 Å². The first-order chi connectivity index (χ1) is 8.66. The van der Waals surface area contributed by atoms with Crippen LogP contribution in [-0.4, -0.2) is 30.9 Å². The predicted octanol–water partition coefficient (Wildman–Crippen LogP) is 2.41. The molecule has 1 aromatic rings. The van der Waals surface area contributed by atoms with Crippen LogP contribution in [0.25, 0.3) is 0 Å². The van der Waals surface area contributed by atoms with Gasteiger partial charge in [0.1, 0.15) is 0 Å². The minimum absolute atomic E-state index is 0.198. The molecule has 1 aliphatic rings. The van der Waals surface area contributed by atoms with Gasteiger partial charge >= 0.3 is 0 Å². The van der Waals surface area contributed by atoms with E-state index in [1.54, 1.807) is 0 Å². The molecule has 2 rings (SSSR count). The maximum Gasteiger partial charge on any atom is 0.225 e. The van der Waals surface area contributed by atoms with Gasteiger partial charge in [-0.15, -0.1) is 0 Å². The zero-order valence-corrected chi connectivity index (χ0v) is 12.2. The predicted molar refractivity (Wildman–Crippen MR) is 76.2 cm³/mol. The Hall–Kier alpha value is -0.870. The number of benzene rings is 1. The van der Waals surface area contributed by atoms with Gasteiger partial charge in [-0.25, -0.2) is 0 Å². The van der Waals surface area contributed by atoms with Crippen molar-refractivity contribution in [2.24, 2.45) is 5.92 Å². The van der Waals surface area contributed by atoms with Crippen LogP contribution < -0.4 is 5.32 Å². The second kappa shape index (κ2) is 6.34. The van der Waals surface area contributed by atoms with Crippen molar-refractivity contribution in [2.75, 3.05) is 20.1 Å². The van der Waals surface area contributed by atoms with E-state index in [4.69, 9.17) is 0 Å². The highest BCUT2D eigenvalue weighted by atomic mass is 79.9. The molecule has 1 N–H and O–H groups in total. The largest absolute Gasteiger partial charge is 0.341 e. The number of halogens is 1. The summed E-state index contributed by atoms with van der Waals surface area (Å²) in [6.45, 7) is 2.60. The van der Waals surface area contributed by atoms with E-state index < -0.39 is 0 Å². The molecule has 1 saturated heterocycles. The third-order valence-corrected chi connectivity index (χ3v) is 3.87. The molecule has 4 heteroatoms. The van der Waals surface area contributed by atoms with Crippen molar-refractivity contribution in [3.63, 3.8) is 0 Å². The summed E-state index contributed by atoms with van der Waals surface area (Å²) in [5.41, 5.74) is 1.16. The molecule has 1 amide bonds. The molecule has 0 aromatic heterocycles. The van der Waals surface area contributed by atoms with Gasteiger partial charge in [0.05, 0.1) is 0 Å². The minimum Gasteiger partial charge on any atom is -0.341 e. The zero-order chi connectivity index (χ0) is 13.0. The maximum atomic E-state index is 12.3. The average molecular weight is 311 g/mol. The van der Waals surface area contributed by atoms with Crippen LogP contribution in [0, 0.1) is 5.92 Å². The van der Waals surface area contributed by atoms with Crippen molar-refractivity contribution in [3.8, 4) is 0 Å². The molecule has 1 fully saturated rings. The summed E-state index contributed by atoms with van der Waals surface area (Å²) in [5.74, 6) is 0.472. The smallest absolute Gasteiger partial charge is 0.225 e. The van der Waals surface area contributed by atoms with Gasteiger partial charge < -0.3 is 10.2 Å². The second-order valence-electron chi connectivity index (χ2n) is 4.85. The first-order valence-electron chi connectivity index (χ1n) is 6.37. The number of amides is 1. The van der Waals surface area contributed by atoms with Crippen LogP contribution in [0.1, 0.15) is 18.4 Å². The number of hydrogen-bond donors (Lipinski definition) is 1. The molecular formula is C14H19BrN2O. The van der Waals surface area contributed by atoms with Crippen LogP contribution in [0.15, 0.2) is 28.7 Å². The molecule has 1 heterocycles. The molecule has 0 bridgehead atoms. The highest BCUT2D eigenvalue weighted by molar-refractivity contribution is 9.10. The van der Waals surface area contributed by atoms with Gasteiger partial charge in [0.25, 0.3) is 0 Å². The fourth-order valence-electron chi connectivity index (χ4n) is 2.37.